The zero-order valence-corrected chi connectivity index (χ0v) is 34.5. The van der Waals surface area contributed by atoms with Crippen molar-refractivity contribution in [3.63, 3.8) is 0 Å². The molecule has 4 N–H and O–H groups in total. The number of aliphatic hydroxyl groups is 3. The van der Waals surface area contributed by atoms with E-state index in [4.69, 9.17) is 9.47 Å². The normalized spacial score (nSPS) is 46.0. The van der Waals surface area contributed by atoms with Gasteiger partial charge in [0.05, 0.1) is 37.1 Å². The smallest absolute Gasteiger partial charge is 0.330 e. The number of aromatic nitrogens is 5. The van der Waals surface area contributed by atoms with Crippen molar-refractivity contribution in [1.29, 1.82) is 0 Å². The third kappa shape index (κ3) is 5.40. The summed E-state index contributed by atoms with van der Waals surface area (Å²) in [5.41, 5.74) is -2.98. The first-order valence-corrected chi connectivity index (χ1v) is 21.0. The summed E-state index contributed by atoms with van der Waals surface area (Å²) in [5.74, 6) is 1.33. The van der Waals surface area contributed by atoms with E-state index in [0.29, 0.717) is 29.9 Å². The van der Waals surface area contributed by atoms with E-state index < -0.39 is 59.0 Å². The van der Waals surface area contributed by atoms with E-state index in [9.17, 15) is 29.7 Å². The highest BCUT2D eigenvalue weighted by Gasteiger charge is 2.73. The second-order valence-electron chi connectivity index (χ2n) is 20.3. The average Bonchev–Trinajstić information content (AvgIpc) is 3.86. The van der Waals surface area contributed by atoms with Crippen LogP contribution in [0.25, 0.3) is 0 Å². The van der Waals surface area contributed by atoms with E-state index in [1.165, 1.54) is 18.9 Å². The maximum Gasteiger partial charge on any atom is 0.330 e. The van der Waals surface area contributed by atoms with Crippen molar-refractivity contribution in [2.45, 2.75) is 136 Å². The molecule has 0 aromatic carbocycles. The average molecular weight is 796 g/mol. The van der Waals surface area contributed by atoms with Crippen molar-refractivity contribution >= 4 is 5.97 Å². The molecule has 5 saturated carbocycles. The predicted molar refractivity (Wildman–Crippen MR) is 207 cm³/mol. The van der Waals surface area contributed by atoms with Crippen LogP contribution >= 0.6 is 0 Å². The van der Waals surface area contributed by atoms with Crippen LogP contribution in [0.4, 0.5) is 4.39 Å². The molecular formula is C43H62FN5O8. The summed E-state index contributed by atoms with van der Waals surface area (Å²) in [6.07, 6.45) is 5.19. The van der Waals surface area contributed by atoms with E-state index in [1.807, 2.05) is 0 Å². The quantitative estimate of drug-likeness (QED) is 0.227. The van der Waals surface area contributed by atoms with Gasteiger partial charge in [0.1, 0.15) is 6.10 Å². The Morgan fingerprint density at radius 1 is 1.04 bits per heavy atom. The molecule has 2 aromatic heterocycles. The van der Waals surface area contributed by atoms with E-state index in [0.717, 1.165) is 79.3 Å². The first-order valence-electron chi connectivity index (χ1n) is 21.0. The number of hydrogen-bond donors (Lipinski definition) is 4. The van der Waals surface area contributed by atoms with Crippen LogP contribution in [0.1, 0.15) is 111 Å². The topological polar surface area (TPSA) is 182 Å². The molecular weight excluding hydrogens is 733 g/mol. The Balaban J connectivity index is 1.08. The number of alkyl halides is 1. The summed E-state index contributed by atoms with van der Waals surface area (Å²) in [5, 5.41) is 42.5. The Morgan fingerprint density at radius 2 is 1.77 bits per heavy atom. The first kappa shape index (κ1) is 40.6. The molecule has 14 heteroatoms. The highest BCUT2D eigenvalue weighted by atomic mass is 19.1. The molecule has 314 valence electrons. The number of carbonyl (C=O) groups is 1. The lowest BCUT2D eigenvalue weighted by molar-refractivity contribution is -0.257. The van der Waals surface area contributed by atoms with Gasteiger partial charge in [-0.25, -0.2) is 13.9 Å². The Hall–Kier alpha value is -3.20. The van der Waals surface area contributed by atoms with E-state index in [1.54, 1.807) is 0 Å². The standard InChI is InChI=1S/C43H62FN5O8/c1-23(2)26-11-15-42(36(54)56-8)17-16-40(6)27(31(26)42)9-10-29-39(5)20-24(33(52)38(3,4)28(39)12-14-41(29,40)7)19-25-21-49(47-46-25)43(22-50)34(53)32(44)35(57-43)48-18-13-30(51)45-37(48)55/h13,18,21,24,26-29,31-35,50,52-53H,1,9-12,14-17,19-20,22H2,2-8H3,(H,45,51,55)/t24-,26+,27-,28+,29-,31-,32+,33+,34+,35-,39+,40-,41-,42+,43-/m1/s1. The van der Waals surface area contributed by atoms with Gasteiger partial charge in [-0.15, -0.1) is 5.10 Å². The predicted octanol–water partition coefficient (Wildman–Crippen LogP) is 4.66. The summed E-state index contributed by atoms with van der Waals surface area (Å²) in [6.45, 7) is 17.6. The van der Waals surface area contributed by atoms with Gasteiger partial charge in [-0.2, -0.15) is 0 Å². The van der Waals surface area contributed by atoms with E-state index in [2.05, 4.69) is 63.4 Å². The van der Waals surface area contributed by atoms with Crippen LogP contribution in [0.15, 0.2) is 40.2 Å². The van der Waals surface area contributed by atoms with Crippen molar-refractivity contribution in [1.82, 2.24) is 24.5 Å². The number of esters is 1. The fourth-order valence-corrected chi connectivity index (χ4v) is 15.1. The van der Waals surface area contributed by atoms with E-state index in [-0.39, 0.29) is 40.0 Å². The second-order valence-corrected chi connectivity index (χ2v) is 20.3. The van der Waals surface area contributed by atoms with Crippen LogP contribution in [-0.2, 0) is 26.4 Å². The first-order chi connectivity index (χ1) is 26.8. The molecule has 0 radical (unpaired) electrons. The highest BCUT2D eigenvalue weighted by Crippen LogP contribution is 2.78. The molecule has 2 aromatic rings. The lowest BCUT2D eigenvalue weighted by atomic mass is 9.31. The molecule has 13 nitrogen and oxygen atoms in total. The Labute approximate surface area is 333 Å². The van der Waals surface area contributed by atoms with Crippen LogP contribution in [0, 0.1) is 62.6 Å². The molecule has 1 saturated heterocycles. The van der Waals surface area contributed by atoms with Gasteiger partial charge in [0.25, 0.3) is 5.56 Å². The fraction of sp³-hybridized carbons (Fsp3) is 0.791. The van der Waals surface area contributed by atoms with Gasteiger partial charge in [0.2, 0.25) is 5.72 Å². The van der Waals surface area contributed by atoms with Gasteiger partial charge in [0, 0.05) is 12.3 Å². The van der Waals surface area contributed by atoms with Crippen molar-refractivity contribution in [3.05, 3.63) is 57.1 Å². The van der Waals surface area contributed by atoms with E-state index >= 15 is 4.39 Å². The summed E-state index contributed by atoms with van der Waals surface area (Å²) in [4.78, 5) is 39.9. The Bertz CT molecular complexity index is 2050. The third-order valence-electron chi connectivity index (χ3n) is 17.8. The number of allylic oxidation sites excluding steroid dienone is 1. The van der Waals surface area contributed by atoms with Crippen LogP contribution in [0.2, 0.25) is 0 Å². The number of nitrogens with one attached hydrogen (secondary N) is 1. The minimum Gasteiger partial charge on any atom is -0.469 e. The number of hydrogen-bond acceptors (Lipinski definition) is 10. The van der Waals surface area contributed by atoms with Crippen molar-refractivity contribution in [2.75, 3.05) is 13.7 Å². The number of H-pyrrole nitrogens is 1. The number of carbonyl (C=O) groups excluding carboxylic acids is 1. The van der Waals surface area contributed by atoms with Crippen molar-refractivity contribution in [3.8, 4) is 0 Å². The van der Waals surface area contributed by atoms with Gasteiger partial charge in [-0.1, -0.05) is 52.0 Å². The SMILES string of the molecule is C=C(C)[C@@H]1CC[C@]2(C(=O)OC)CC[C@]3(C)[C@H](CC[C@@H]4[C@@]5(C)C[C@@H](Cc6cn([C@]7(CO)O[C@@H](n8ccc(=O)[nH]c8=O)[C@@H](F)[C@@H]7O)nn6)[C@H](O)C(C)(C)[C@@H]5CC[C@]43C)[C@@H]12. The molecule has 3 heterocycles. The van der Waals surface area contributed by atoms with Crippen LogP contribution < -0.4 is 11.2 Å². The lowest BCUT2D eigenvalue weighted by Crippen LogP contribution is -2.68. The van der Waals surface area contributed by atoms with Crippen molar-refractivity contribution < 1.29 is 34.0 Å². The number of ether oxygens (including phenoxy) is 2. The lowest BCUT2D eigenvalue weighted by Gasteiger charge is -2.73. The second kappa shape index (κ2) is 13.4. The number of fused-ring (bicyclic) bond motifs is 7. The fourth-order valence-electron chi connectivity index (χ4n) is 15.1. The van der Waals surface area contributed by atoms with Crippen LogP contribution in [0.5, 0.6) is 0 Å². The van der Waals surface area contributed by atoms with Gasteiger partial charge in [-0.05, 0) is 128 Å². The Kier molecular flexibility index (Phi) is 9.54. The molecule has 1 aliphatic heterocycles. The maximum atomic E-state index is 15.7. The Morgan fingerprint density at radius 3 is 2.44 bits per heavy atom. The molecule has 57 heavy (non-hydrogen) atoms. The summed E-state index contributed by atoms with van der Waals surface area (Å²) < 4.78 is 29.1. The number of nitrogens with zero attached hydrogens (tertiary/aromatic N) is 4. The van der Waals surface area contributed by atoms with Crippen LogP contribution in [0.3, 0.4) is 0 Å². The number of aromatic amines is 1. The van der Waals surface area contributed by atoms with Gasteiger partial charge >= 0.3 is 11.7 Å². The highest BCUT2D eigenvalue weighted by molar-refractivity contribution is 5.78. The number of aliphatic hydroxyl groups excluding tert-OH is 3. The number of rotatable bonds is 7. The van der Waals surface area contributed by atoms with Gasteiger partial charge < -0.3 is 24.8 Å². The number of methoxy groups -OCH3 is 1. The maximum absolute atomic E-state index is 15.7. The van der Waals surface area contributed by atoms with Gasteiger partial charge in [-0.3, -0.25) is 19.1 Å². The minimum atomic E-state index is -2.15. The molecule has 0 spiro atoms. The molecule has 6 fully saturated rings. The monoisotopic (exact) mass is 795 g/mol. The molecule has 8 rings (SSSR count). The zero-order chi connectivity index (χ0) is 41.2. The molecule has 0 amide bonds. The van der Waals surface area contributed by atoms with Crippen molar-refractivity contribution in [2.24, 2.45) is 62.6 Å². The molecule has 5 aliphatic carbocycles. The molecule has 6 aliphatic rings. The summed E-state index contributed by atoms with van der Waals surface area (Å²) in [6, 6.07) is 1.04. The largest absolute Gasteiger partial charge is 0.469 e. The number of halogens is 1. The summed E-state index contributed by atoms with van der Waals surface area (Å²) >= 11 is 0. The molecule has 0 unspecified atom stereocenters. The van der Waals surface area contributed by atoms with Crippen LogP contribution in [-0.4, -0.2) is 77.9 Å². The third-order valence-corrected chi connectivity index (χ3v) is 17.8. The minimum absolute atomic E-state index is 0.00829. The molecule has 15 atom stereocenters. The zero-order valence-electron chi connectivity index (χ0n) is 34.5. The van der Waals surface area contributed by atoms with Gasteiger partial charge in [0.15, 0.2) is 12.4 Å². The molecule has 0 bridgehead atoms. The summed E-state index contributed by atoms with van der Waals surface area (Å²) in [7, 11) is 1.54.